The molecule has 1 N–H and O–H groups in total. The van der Waals surface area contributed by atoms with E-state index in [9.17, 15) is 13.6 Å². The number of nitrogens with one attached hydrogen (secondary N) is 1. The fourth-order valence-electron chi connectivity index (χ4n) is 1.85. The predicted molar refractivity (Wildman–Crippen MR) is 78.6 cm³/mol. The van der Waals surface area contributed by atoms with Gasteiger partial charge in [0.05, 0.1) is 12.6 Å². The van der Waals surface area contributed by atoms with Gasteiger partial charge < -0.3 is 14.8 Å². The van der Waals surface area contributed by atoms with Crippen molar-refractivity contribution in [2.75, 3.05) is 6.61 Å². The second kappa shape index (κ2) is 5.93. The van der Waals surface area contributed by atoms with E-state index in [1.807, 2.05) is 0 Å². The van der Waals surface area contributed by atoms with Crippen LogP contribution in [0.5, 0.6) is 5.88 Å². The van der Waals surface area contributed by atoms with E-state index in [-0.39, 0.29) is 24.9 Å². The number of nitrogens with zero attached hydrogens (tertiary/aromatic N) is 2. The molecule has 2 heterocycles. The quantitative estimate of drug-likeness (QED) is 0.755. The van der Waals surface area contributed by atoms with Crippen molar-refractivity contribution >= 4 is 28.7 Å². The lowest BCUT2D eigenvalue weighted by Gasteiger charge is -2.27. The summed E-state index contributed by atoms with van der Waals surface area (Å²) in [5.74, 6) is 0.313. The molecule has 21 heavy (non-hydrogen) atoms. The zero-order valence-electron chi connectivity index (χ0n) is 11.8. The van der Waals surface area contributed by atoms with Gasteiger partial charge in [-0.1, -0.05) is 0 Å². The van der Waals surface area contributed by atoms with Gasteiger partial charge in [0.1, 0.15) is 21.5 Å². The molecule has 0 radical (unpaired) electrons. The van der Waals surface area contributed by atoms with Crippen LogP contribution in [-0.2, 0) is 11.3 Å². The van der Waals surface area contributed by atoms with Gasteiger partial charge in [-0.2, -0.15) is 5.10 Å². The fourth-order valence-corrected chi connectivity index (χ4v) is 2.62. The van der Waals surface area contributed by atoms with E-state index in [4.69, 9.17) is 9.47 Å². The number of carbonyl (C=O) groups is 1. The third-order valence-corrected chi connectivity index (χ3v) is 3.63. The number of aromatic nitrogens is 2. The van der Waals surface area contributed by atoms with Gasteiger partial charge in [0.2, 0.25) is 5.88 Å². The van der Waals surface area contributed by atoms with Crippen molar-refractivity contribution in [3.8, 4) is 5.88 Å². The molecule has 0 bridgehead atoms. The molecule has 1 aromatic rings. The van der Waals surface area contributed by atoms with Crippen LogP contribution in [0.1, 0.15) is 32.9 Å². The number of rotatable bonds is 2. The van der Waals surface area contributed by atoms with E-state index < -0.39 is 18.1 Å². The Bertz CT molecular complexity index is 543. The van der Waals surface area contributed by atoms with E-state index in [0.29, 0.717) is 9.45 Å². The standard InChI is InChI=1S/C12H16F2IN3O3/c1-12(2,3)21-11(19)16-6-4-18-10(20-5-6)7(15)8(17-18)9(13)14/h6,9H,4-5H2,1-3H3,(H,16,19)/t6-/m1/s1. The molecule has 1 aromatic heterocycles. The van der Waals surface area contributed by atoms with Gasteiger partial charge in [-0.3, -0.25) is 0 Å². The monoisotopic (exact) mass is 415 g/mol. The lowest BCUT2D eigenvalue weighted by Crippen LogP contribution is -2.46. The van der Waals surface area contributed by atoms with Crippen LogP contribution in [0.3, 0.4) is 0 Å². The number of hydrogen-bond donors (Lipinski definition) is 1. The number of alkyl carbamates (subject to hydrolysis) is 1. The van der Waals surface area contributed by atoms with Crippen molar-refractivity contribution in [2.24, 2.45) is 0 Å². The summed E-state index contributed by atoms with van der Waals surface area (Å²) >= 11 is 1.78. The van der Waals surface area contributed by atoms with Crippen LogP contribution in [0, 0.1) is 3.57 Å². The summed E-state index contributed by atoms with van der Waals surface area (Å²) in [7, 11) is 0. The highest BCUT2D eigenvalue weighted by Gasteiger charge is 2.30. The topological polar surface area (TPSA) is 65.4 Å². The van der Waals surface area contributed by atoms with Gasteiger partial charge in [-0.05, 0) is 43.4 Å². The normalized spacial score (nSPS) is 18.1. The Hall–Kier alpha value is -1.13. The average molecular weight is 415 g/mol. The molecule has 0 unspecified atom stereocenters. The lowest BCUT2D eigenvalue weighted by molar-refractivity contribution is 0.0460. The van der Waals surface area contributed by atoms with Crippen molar-refractivity contribution in [3.05, 3.63) is 9.26 Å². The molecule has 9 heteroatoms. The first-order valence-electron chi connectivity index (χ1n) is 6.34. The Kier molecular flexibility index (Phi) is 4.59. The maximum Gasteiger partial charge on any atom is 0.408 e. The van der Waals surface area contributed by atoms with Gasteiger partial charge >= 0.3 is 6.09 Å². The van der Waals surface area contributed by atoms with Gasteiger partial charge in [0, 0.05) is 0 Å². The summed E-state index contributed by atoms with van der Waals surface area (Å²) in [5.41, 5.74) is -0.905. The Morgan fingerprint density at radius 1 is 1.57 bits per heavy atom. The summed E-state index contributed by atoms with van der Waals surface area (Å²) < 4.78 is 37.8. The van der Waals surface area contributed by atoms with Crippen LogP contribution >= 0.6 is 22.6 Å². The van der Waals surface area contributed by atoms with Crippen molar-refractivity contribution in [1.82, 2.24) is 15.1 Å². The first-order valence-corrected chi connectivity index (χ1v) is 7.42. The molecule has 6 nitrogen and oxygen atoms in total. The van der Waals surface area contributed by atoms with Crippen LogP contribution in [-0.4, -0.2) is 34.1 Å². The summed E-state index contributed by atoms with van der Waals surface area (Å²) in [5, 5.41) is 6.46. The molecule has 0 aliphatic carbocycles. The van der Waals surface area contributed by atoms with Crippen LogP contribution in [0.2, 0.25) is 0 Å². The molecule has 0 fully saturated rings. The zero-order valence-corrected chi connectivity index (χ0v) is 14.0. The summed E-state index contributed by atoms with van der Waals surface area (Å²) in [6.07, 6.45) is -3.23. The highest BCUT2D eigenvalue weighted by Crippen LogP contribution is 2.32. The van der Waals surface area contributed by atoms with Gasteiger partial charge in [0.15, 0.2) is 0 Å². The number of alkyl halides is 2. The Labute approximate surface area is 134 Å². The van der Waals surface area contributed by atoms with Gasteiger partial charge in [-0.25, -0.2) is 18.3 Å². The fraction of sp³-hybridized carbons (Fsp3) is 0.667. The number of ether oxygens (including phenoxy) is 2. The molecule has 1 amide bonds. The molecular weight excluding hydrogens is 399 g/mol. The molecule has 0 saturated heterocycles. The first-order chi connectivity index (χ1) is 9.67. The van der Waals surface area contributed by atoms with Crippen molar-refractivity contribution in [2.45, 2.75) is 45.4 Å². The number of hydrogen-bond acceptors (Lipinski definition) is 4. The molecule has 1 atom stereocenters. The molecule has 0 spiro atoms. The Morgan fingerprint density at radius 2 is 2.24 bits per heavy atom. The highest BCUT2D eigenvalue weighted by atomic mass is 127. The SMILES string of the molecule is CC(C)(C)OC(=O)N[C@H]1COc2c(I)c(C(F)F)nn2C1. The second-order valence-electron chi connectivity index (χ2n) is 5.64. The number of halogens is 3. The lowest BCUT2D eigenvalue weighted by atomic mass is 10.2. The summed E-state index contributed by atoms with van der Waals surface area (Å²) in [6, 6.07) is -0.381. The van der Waals surface area contributed by atoms with Crippen molar-refractivity contribution in [1.29, 1.82) is 0 Å². The largest absolute Gasteiger partial charge is 0.475 e. The van der Waals surface area contributed by atoms with E-state index in [2.05, 4.69) is 10.4 Å². The summed E-state index contributed by atoms with van der Waals surface area (Å²) in [6.45, 7) is 5.72. The highest BCUT2D eigenvalue weighted by molar-refractivity contribution is 14.1. The average Bonchev–Trinajstić information content (AvgIpc) is 2.64. The summed E-state index contributed by atoms with van der Waals surface area (Å²) in [4.78, 5) is 11.7. The zero-order chi connectivity index (χ0) is 15.8. The molecular formula is C12H16F2IN3O3. The van der Waals surface area contributed by atoms with Crippen molar-refractivity contribution < 1.29 is 23.0 Å². The molecule has 0 aromatic carbocycles. The Balaban J connectivity index is 2.03. The minimum atomic E-state index is -2.66. The smallest absolute Gasteiger partial charge is 0.408 e. The van der Waals surface area contributed by atoms with Crippen LogP contribution in [0.25, 0.3) is 0 Å². The molecule has 1 aliphatic heterocycles. The first kappa shape index (κ1) is 16.2. The van der Waals surface area contributed by atoms with Crippen LogP contribution in [0.15, 0.2) is 0 Å². The van der Waals surface area contributed by atoms with Crippen molar-refractivity contribution in [3.63, 3.8) is 0 Å². The van der Waals surface area contributed by atoms with E-state index in [1.54, 1.807) is 43.4 Å². The minimum Gasteiger partial charge on any atom is -0.475 e. The maximum atomic E-state index is 12.8. The third-order valence-electron chi connectivity index (χ3n) is 2.62. The third kappa shape index (κ3) is 3.95. The maximum absolute atomic E-state index is 12.8. The Morgan fingerprint density at radius 3 is 2.81 bits per heavy atom. The van der Waals surface area contributed by atoms with E-state index in [1.165, 1.54) is 4.68 Å². The molecule has 118 valence electrons. The van der Waals surface area contributed by atoms with Crippen LogP contribution < -0.4 is 10.1 Å². The number of fused-ring (bicyclic) bond motifs is 1. The predicted octanol–water partition coefficient (Wildman–Crippen LogP) is 2.71. The second-order valence-corrected chi connectivity index (χ2v) is 6.72. The molecule has 2 rings (SSSR count). The number of carbonyl (C=O) groups excluding carboxylic acids is 1. The minimum absolute atomic E-state index is 0.184. The van der Waals surface area contributed by atoms with Gasteiger partial charge in [-0.15, -0.1) is 0 Å². The number of amides is 1. The van der Waals surface area contributed by atoms with E-state index >= 15 is 0 Å². The molecule has 1 aliphatic rings. The van der Waals surface area contributed by atoms with Gasteiger partial charge in [0.25, 0.3) is 6.43 Å². The van der Waals surface area contributed by atoms with E-state index in [0.717, 1.165) is 0 Å². The molecule has 0 saturated carbocycles. The van der Waals surface area contributed by atoms with Crippen LogP contribution in [0.4, 0.5) is 13.6 Å².